The van der Waals surface area contributed by atoms with Crippen molar-refractivity contribution < 1.29 is 4.39 Å². The van der Waals surface area contributed by atoms with Gasteiger partial charge in [-0.3, -0.25) is 9.36 Å². The Balaban J connectivity index is 1.75. The number of aryl methyl sites for hydroxylation is 1. The van der Waals surface area contributed by atoms with Crippen LogP contribution in [0.25, 0.3) is 15.7 Å². The van der Waals surface area contributed by atoms with Gasteiger partial charge in [0.05, 0.1) is 23.1 Å². The first kappa shape index (κ1) is 20.4. The zero-order chi connectivity index (χ0) is 21.6. The Morgan fingerprint density at radius 2 is 2.07 bits per heavy atom. The van der Waals surface area contributed by atoms with Gasteiger partial charge in [0.1, 0.15) is 5.82 Å². The molecule has 160 valence electrons. The van der Waals surface area contributed by atoms with E-state index in [9.17, 15) is 9.59 Å². The van der Waals surface area contributed by atoms with E-state index in [1.165, 1.54) is 6.07 Å². The summed E-state index contributed by atoms with van der Waals surface area (Å²) in [6.45, 7) is 14.0. The molecular formula is C21H27FN6O2. The number of nitrogens with zero attached hydrogens (tertiary/aromatic N) is 4. The topological polar surface area (TPSA) is 89.7 Å². The first-order valence-corrected chi connectivity index (χ1v) is 10.4. The Labute approximate surface area is 173 Å². The third kappa shape index (κ3) is 3.35. The molecule has 0 unspecified atom stereocenters. The smallest absolute Gasteiger partial charge is 0.350 e. The van der Waals surface area contributed by atoms with E-state index in [0.29, 0.717) is 59.5 Å². The van der Waals surface area contributed by atoms with Gasteiger partial charge in [-0.25, -0.2) is 15.8 Å². The van der Waals surface area contributed by atoms with Crippen molar-refractivity contribution in [1.82, 2.24) is 14.6 Å². The van der Waals surface area contributed by atoms with E-state index in [1.54, 1.807) is 11.5 Å². The summed E-state index contributed by atoms with van der Waals surface area (Å²) in [5.74, 6) is 5.90. The second kappa shape index (κ2) is 7.76. The second-order valence-electron chi connectivity index (χ2n) is 8.52. The number of halogens is 1. The van der Waals surface area contributed by atoms with Gasteiger partial charge in [-0.2, -0.15) is 4.68 Å². The van der Waals surface area contributed by atoms with Crippen LogP contribution in [0.3, 0.4) is 0 Å². The van der Waals surface area contributed by atoms with Crippen molar-refractivity contribution in [3.63, 3.8) is 0 Å². The van der Waals surface area contributed by atoms with Gasteiger partial charge < -0.3 is 20.9 Å². The number of hydrogen-bond donors (Lipinski definition) is 2. The monoisotopic (exact) mass is 414 g/mol. The maximum atomic E-state index is 15.2. The van der Waals surface area contributed by atoms with Crippen molar-refractivity contribution >= 4 is 16.6 Å². The fourth-order valence-electron chi connectivity index (χ4n) is 4.62. The Morgan fingerprint density at radius 3 is 2.73 bits per heavy atom. The molecule has 1 saturated carbocycles. The van der Waals surface area contributed by atoms with Crippen molar-refractivity contribution in [1.29, 1.82) is 0 Å². The van der Waals surface area contributed by atoms with E-state index in [4.69, 9.17) is 12.4 Å². The number of anilines is 1. The zero-order valence-electron chi connectivity index (χ0n) is 17.3. The van der Waals surface area contributed by atoms with E-state index in [0.717, 1.165) is 19.4 Å². The third-order valence-electron chi connectivity index (χ3n) is 6.37. The molecule has 3 N–H and O–H groups in total. The van der Waals surface area contributed by atoms with Gasteiger partial charge in [0.2, 0.25) is 6.54 Å². The number of hydrogen-bond acceptors (Lipinski definition) is 5. The molecule has 1 aliphatic carbocycles. The Bertz CT molecular complexity index is 1140. The van der Waals surface area contributed by atoms with Gasteiger partial charge in [0.15, 0.2) is 0 Å². The van der Waals surface area contributed by atoms with Crippen LogP contribution in [0, 0.1) is 31.1 Å². The number of nitrogen functional groups attached to an aromatic ring is 1. The fraction of sp³-hybridized carbons (Fsp3) is 0.571. The first-order valence-electron chi connectivity index (χ1n) is 10.4. The number of nitrogens with two attached hydrogens (primary N) is 1. The first-order chi connectivity index (χ1) is 14.3. The highest BCUT2D eigenvalue weighted by atomic mass is 19.1. The van der Waals surface area contributed by atoms with Crippen LogP contribution in [0.4, 0.5) is 10.1 Å². The molecule has 1 aromatic carbocycles. The molecular weight excluding hydrogens is 387 g/mol. The summed E-state index contributed by atoms with van der Waals surface area (Å²) in [5.41, 5.74) is 0.350. The average molecular weight is 414 g/mol. The largest absolute Gasteiger partial charge is 0.368 e. The number of fused-ring (bicyclic) bond motifs is 1. The molecule has 0 amide bonds. The summed E-state index contributed by atoms with van der Waals surface area (Å²) < 4.78 is 17.4. The van der Waals surface area contributed by atoms with E-state index < -0.39 is 17.1 Å². The predicted octanol–water partition coefficient (Wildman–Crippen LogP) is 1.24. The quantitative estimate of drug-likeness (QED) is 0.422. The SMILES string of the molecule is [C-]#[N+]CCNC[C@H]1CN(c2c(F)cc3c(=O)n(N)c(=O)n(C4CC4)c3c2C)C[C@@H]1C. The van der Waals surface area contributed by atoms with E-state index in [-0.39, 0.29) is 11.4 Å². The van der Waals surface area contributed by atoms with Crippen LogP contribution in [-0.4, -0.2) is 42.0 Å². The molecule has 2 atom stereocenters. The minimum atomic E-state index is -0.669. The third-order valence-corrected chi connectivity index (χ3v) is 6.37. The lowest BCUT2D eigenvalue weighted by Crippen LogP contribution is -2.44. The summed E-state index contributed by atoms with van der Waals surface area (Å²) in [6, 6.07) is 1.23. The zero-order valence-corrected chi connectivity index (χ0v) is 17.3. The number of benzene rings is 1. The molecule has 1 aliphatic heterocycles. The molecule has 9 heteroatoms. The lowest BCUT2D eigenvalue weighted by atomic mass is 9.98. The maximum absolute atomic E-state index is 15.2. The highest BCUT2D eigenvalue weighted by molar-refractivity contribution is 5.87. The van der Waals surface area contributed by atoms with Gasteiger partial charge in [0.25, 0.3) is 5.56 Å². The van der Waals surface area contributed by atoms with Gasteiger partial charge in [-0.1, -0.05) is 6.92 Å². The summed E-state index contributed by atoms with van der Waals surface area (Å²) >= 11 is 0. The molecule has 4 rings (SSSR count). The molecule has 2 fully saturated rings. The van der Waals surface area contributed by atoms with Crippen molar-refractivity contribution in [3.05, 3.63) is 49.7 Å². The molecule has 8 nitrogen and oxygen atoms in total. The summed E-state index contributed by atoms with van der Waals surface area (Å²) in [7, 11) is 0. The molecule has 0 spiro atoms. The highest BCUT2D eigenvalue weighted by Gasteiger charge is 2.34. The molecule has 1 saturated heterocycles. The van der Waals surface area contributed by atoms with E-state index in [2.05, 4.69) is 17.1 Å². The molecule has 0 bridgehead atoms. The molecule has 30 heavy (non-hydrogen) atoms. The van der Waals surface area contributed by atoms with Gasteiger partial charge in [-0.15, -0.1) is 0 Å². The molecule has 2 aromatic rings. The van der Waals surface area contributed by atoms with Gasteiger partial charge >= 0.3 is 5.69 Å². The van der Waals surface area contributed by atoms with Crippen LogP contribution in [0.5, 0.6) is 0 Å². The van der Waals surface area contributed by atoms with E-state index in [1.807, 2.05) is 4.90 Å². The Morgan fingerprint density at radius 1 is 1.33 bits per heavy atom. The maximum Gasteiger partial charge on any atom is 0.350 e. The predicted molar refractivity (Wildman–Crippen MR) is 115 cm³/mol. The Hall–Kier alpha value is -2.86. The van der Waals surface area contributed by atoms with Crippen molar-refractivity contribution in [3.8, 4) is 0 Å². The van der Waals surface area contributed by atoms with Crippen LogP contribution < -0.4 is 27.3 Å². The van der Waals surface area contributed by atoms with Gasteiger partial charge in [0, 0.05) is 31.2 Å². The second-order valence-corrected chi connectivity index (χ2v) is 8.52. The molecule has 1 aromatic heterocycles. The van der Waals surface area contributed by atoms with Crippen LogP contribution in [-0.2, 0) is 0 Å². The van der Waals surface area contributed by atoms with Gasteiger partial charge in [-0.05, 0) is 37.7 Å². The standard InChI is InChI=1S/C21H27FN6O2/c1-12-10-26(11-14(12)9-25-7-6-24-3)19-13(2)18-16(8-17(19)22)20(29)28(23)21(30)27(18)15-4-5-15/h8,12,14-15,25H,4-7,9-11,23H2,1-2H3/t12-,14-/m0/s1. The summed E-state index contributed by atoms with van der Waals surface area (Å²) in [6.07, 6.45) is 1.69. The number of nitrogens with one attached hydrogen (secondary N) is 1. The van der Waals surface area contributed by atoms with Crippen LogP contribution in [0.2, 0.25) is 0 Å². The van der Waals surface area contributed by atoms with E-state index >= 15 is 4.39 Å². The normalized spacial score (nSPS) is 21.3. The summed E-state index contributed by atoms with van der Waals surface area (Å²) in [5, 5.41) is 3.45. The van der Waals surface area contributed by atoms with Crippen molar-refractivity contribution in [2.24, 2.45) is 11.8 Å². The van der Waals surface area contributed by atoms with Crippen molar-refractivity contribution in [2.75, 3.05) is 43.5 Å². The summed E-state index contributed by atoms with van der Waals surface area (Å²) in [4.78, 5) is 30.6. The molecule has 2 heterocycles. The molecule has 2 aliphatic rings. The molecule has 0 radical (unpaired) electrons. The minimum Gasteiger partial charge on any atom is -0.368 e. The minimum absolute atomic E-state index is 0.00399. The average Bonchev–Trinajstić information content (AvgIpc) is 3.48. The fourth-order valence-corrected chi connectivity index (χ4v) is 4.62. The van der Waals surface area contributed by atoms with Crippen LogP contribution in [0.1, 0.15) is 31.4 Å². The number of aromatic nitrogens is 2. The lowest BCUT2D eigenvalue weighted by molar-refractivity contribution is 0.425. The number of rotatable bonds is 6. The van der Waals surface area contributed by atoms with Crippen LogP contribution in [0.15, 0.2) is 15.7 Å². The highest BCUT2D eigenvalue weighted by Crippen LogP contribution is 2.39. The van der Waals surface area contributed by atoms with Crippen LogP contribution >= 0.6 is 0 Å². The van der Waals surface area contributed by atoms with Crippen molar-refractivity contribution in [2.45, 2.75) is 32.7 Å². The lowest BCUT2D eigenvalue weighted by Gasteiger charge is -2.24. The Kier molecular flexibility index (Phi) is 5.28.